The zero-order valence-electron chi connectivity index (χ0n) is 10.7. The van der Waals surface area contributed by atoms with Gasteiger partial charge in [0.15, 0.2) is 0 Å². The Labute approximate surface area is 120 Å². The summed E-state index contributed by atoms with van der Waals surface area (Å²) >= 11 is -2.21. The molecule has 0 aliphatic heterocycles. The van der Waals surface area contributed by atoms with Gasteiger partial charge in [-0.15, -0.1) is 0 Å². The molecule has 0 saturated carbocycles. The Balaban J connectivity index is 2.23. The highest BCUT2D eigenvalue weighted by Gasteiger charge is 2.17. The maximum Gasteiger partial charge on any atom is 0.0720 e. The van der Waals surface area contributed by atoms with Gasteiger partial charge in [-0.3, -0.25) is 4.21 Å². The van der Waals surface area contributed by atoms with Gasteiger partial charge in [0.05, 0.1) is 5.25 Å². The molecule has 3 aromatic rings. The van der Waals surface area contributed by atoms with Gasteiger partial charge < -0.3 is 4.55 Å². The van der Waals surface area contributed by atoms with Gasteiger partial charge in [0.25, 0.3) is 0 Å². The molecule has 0 radical (unpaired) electrons. The molecule has 0 heterocycles. The molecule has 0 bridgehead atoms. The molecule has 3 aromatic carbocycles. The molecule has 0 amide bonds. The summed E-state index contributed by atoms with van der Waals surface area (Å²) in [6.07, 6.45) is 0. The SMILES string of the molecule is O=S([O-])C(c1ccccc1)c1cccc2ccccc12. The van der Waals surface area contributed by atoms with Crippen molar-refractivity contribution in [2.24, 2.45) is 0 Å². The normalized spacial score (nSPS) is 14.1. The molecule has 0 aromatic heterocycles. The van der Waals surface area contributed by atoms with Crippen LogP contribution in [0.4, 0.5) is 0 Å². The highest BCUT2D eigenvalue weighted by molar-refractivity contribution is 7.79. The second-order valence-corrected chi connectivity index (χ2v) is 5.61. The van der Waals surface area contributed by atoms with Crippen molar-refractivity contribution in [1.29, 1.82) is 0 Å². The first-order chi connectivity index (χ1) is 9.77. The Hall–Kier alpha value is -1.97. The maximum absolute atomic E-state index is 11.7. The van der Waals surface area contributed by atoms with Crippen molar-refractivity contribution < 1.29 is 8.76 Å². The molecule has 3 heteroatoms. The molecule has 0 aliphatic rings. The third-order valence-electron chi connectivity index (χ3n) is 3.40. The lowest BCUT2D eigenvalue weighted by atomic mass is 9.98. The number of fused-ring (bicyclic) bond motifs is 1. The minimum absolute atomic E-state index is 0.637. The van der Waals surface area contributed by atoms with E-state index < -0.39 is 16.3 Å². The first kappa shape index (κ1) is 13.0. The van der Waals surface area contributed by atoms with E-state index in [0.29, 0.717) is 0 Å². The average Bonchev–Trinajstić information content (AvgIpc) is 2.48. The highest BCUT2D eigenvalue weighted by Crippen LogP contribution is 2.32. The smallest absolute Gasteiger partial charge is 0.0720 e. The van der Waals surface area contributed by atoms with E-state index in [0.717, 1.165) is 21.9 Å². The van der Waals surface area contributed by atoms with Crippen LogP contribution in [0.2, 0.25) is 0 Å². The summed E-state index contributed by atoms with van der Waals surface area (Å²) in [5.74, 6) is 0. The van der Waals surface area contributed by atoms with Gasteiger partial charge in [0.2, 0.25) is 0 Å². The summed E-state index contributed by atoms with van der Waals surface area (Å²) in [4.78, 5) is 0. The Morgan fingerprint density at radius 3 is 2.20 bits per heavy atom. The fraction of sp³-hybridized carbons (Fsp3) is 0.0588. The summed E-state index contributed by atoms with van der Waals surface area (Å²) in [6.45, 7) is 0. The van der Waals surface area contributed by atoms with E-state index in [1.165, 1.54) is 0 Å². The molecule has 0 saturated heterocycles. The standard InChI is InChI=1S/C17H14O2S/c18-20(19)17(14-8-2-1-3-9-14)16-12-6-10-13-7-4-5-11-15(13)16/h1-12,17H,(H,18,19)/p-1. The summed E-state index contributed by atoms with van der Waals surface area (Å²) in [7, 11) is 0. The van der Waals surface area contributed by atoms with Gasteiger partial charge in [-0.2, -0.15) is 0 Å². The van der Waals surface area contributed by atoms with Crippen LogP contribution in [0.15, 0.2) is 72.8 Å². The molecule has 100 valence electrons. The van der Waals surface area contributed by atoms with E-state index in [2.05, 4.69) is 0 Å². The van der Waals surface area contributed by atoms with Gasteiger partial charge in [-0.1, -0.05) is 72.8 Å². The zero-order valence-corrected chi connectivity index (χ0v) is 11.5. The predicted octanol–water partition coefficient (Wildman–Crippen LogP) is 3.81. The molecule has 0 aliphatic carbocycles. The lowest BCUT2D eigenvalue weighted by Gasteiger charge is -2.22. The molecule has 2 atom stereocenters. The Kier molecular flexibility index (Phi) is 3.63. The third-order valence-corrected chi connectivity index (χ3v) is 4.31. The third kappa shape index (κ3) is 2.38. The van der Waals surface area contributed by atoms with Crippen LogP contribution in [0.5, 0.6) is 0 Å². The lowest BCUT2D eigenvalue weighted by Crippen LogP contribution is -2.08. The van der Waals surface area contributed by atoms with Crippen molar-refractivity contribution in [2.75, 3.05) is 0 Å². The number of hydrogen-bond acceptors (Lipinski definition) is 2. The van der Waals surface area contributed by atoms with Crippen molar-refractivity contribution in [3.05, 3.63) is 83.9 Å². The van der Waals surface area contributed by atoms with Crippen molar-refractivity contribution in [1.82, 2.24) is 0 Å². The average molecular weight is 281 g/mol. The summed E-state index contributed by atoms with van der Waals surface area (Å²) in [6, 6.07) is 22.9. The van der Waals surface area contributed by atoms with Crippen LogP contribution in [-0.4, -0.2) is 8.76 Å². The monoisotopic (exact) mass is 281 g/mol. The minimum Gasteiger partial charge on any atom is -0.772 e. The van der Waals surface area contributed by atoms with Crippen LogP contribution in [-0.2, 0) is 11.1 Å². The van der Waals surface area contributed by atoms with Gasteiger partial charge in [0, 0.05) is 0 Å². The highest BCUT2D eigenvalue weighted by atomic mass is 32.2. The lowest BCUT2D eigenvalue weighted by molar-refractivity contribution is 0.530. The quantitative estimate of drug-likeness (QED) is 0.685. The largest absolute Gasteiger partial charge is 0.772 e. The molecule has 3 rings (SSSR count). The van der Waals surface area contributed by atoms with E-state index in [4.69, 9.17) is 0 Å². The number of rotatable bonds is 3. The van der Waals surface area contributed by atoms with E-state index in [-0.39, 0.29) is 0 Å². The molecular weight excluding hydrogens is 268 g/mol. The molecule has 0 N–H and O–H groups in total. The molecule has 20 heavy (non-hydrogen) atoms. The predicted molar refractivity (Wildman–Crippen MR) is 81.2 cm³/mol. The van der Waals surface area contributed by atoms with Gasteiger partial charge in [-0.05, 0) is 33.0 Å². The van der Waals surface area contributed by atoms with Crippen LogP contribution in [0.1, 0.15) is 16.4 Å². The van der Waals surface area contributed by atoms with Crippen LogP contribution in [0.25, 0.3) is 10.8 Å². The van der Waals surface area contributed by atoms with E-state index in [1.54, 1.807) is 0 Å². The first-order valence-electron chi connectivity index (χ1n) is 6.38. The Morgan fingerprint density at radius 1 is 0.800 bits per heavy atom. The van der Waals surface area contributed by atoms with Crippen molar-refractivity contribution in [3.63, 3.8) is 0 Å². The minimum atomic E-state index is -2.21. The topological polar surface area (TPSA) is 40.1 Å². The first-order valence-corrected chi connectivity index (χ1v) is 7.52. The van der Waals surface area contributed by atoms with Crippen LogP contribution in [0, 0.1) is 0 Å². The number of hydrogen-bond donors (Lipinski definition) is 0. The number of benzene rings is 3. The molecular formula is C17H13O2S-. The van der Waals surface area contributed by atoms with Crippen LogP contribution < -0.4 is 0 Å². The second-order valence-electron chi connectivity index (χ2n) is 4.62. The zero-order chi connectivity index (χ0) is 13.9. The summed E-state index contributed by atoms with van der Waals surface area (Å²) in [5.41, 5.74) is 1.61. The van der Waals surface area contributed by atoms with E-state index in [1.807, 2.05) is 72.8 Å². The fourth-order valence-electron chi connectivity index (χ4n) is 2.50. The van der Waals surface area contributed by atoms with Crippen molar-refractivity contribution in [3.8, 4) is 0 Å². The van der Waals surface area contributed by atoms with E-state index in [9.17, 15) is 8.76 Å². The molecule has 0 spiro atoms. The summed E-state index contributed by atoms with van der Waals surface area (Å²) in [5, 5.41) is 1.40. The molecule has 2 nitrogen and oxygen atoms in total. The molecule has 0 fully saturated rings. The van der Waals surface area contributed by atoms with Crippen molar-refractivity contribution >= 4 is 21.9 Å². The van der Waals surface area contributed by atoms with Crippen molar-refractivity contribution in [2.45, 2.75) is 5.25 Å². The van der Waals surface area contributed by atoms with Gasteiger partial charge in [0.1, 0.15) is 0 Å². The van der Waals surface area contributed by atoms with E-state index >= 15 is 0 Å². The summed E-state index contributed by atoms with van der Waals surface area (Å²) < 4.78 is 23.5. The fourth-order valence-corrected chi connectivity index (χ4v) is 3.29. The van der Waals surface area contributed by atoms with Gasteiger partial charge >= 0.3 is 0 Å². The maximum atomic E-state index is 11.7. The van der Waals surface area contributed by atoms with Gasteiger partial charge in [-0.25, -0.2) is 0 Å². The molecule has 2 unspecified atom stereocenters. The van der Waals surface area contributed by atoms with Crippen LogP contribution in [0.3, 0.4) is 0 Å². The Morgan fingerprint density at radius 2 is 1.45 bits per heavy atom. The van der Waals surface area contributed by atoms with Crippen LogP contribution >= 0.6 is 0 Å². The second kappa shape index (κ2) is 5.57. The Bertz CT molecular complexity index is 748.